The van der Waals surface area contributed by atoms with Crippen molar-refractivity contribution >= 4 is 28.7 Å². The maximum atomic E-state index is 10.4. The Kier molecular flexibility index (Phi) is 4.15. The number of benzene rings is 1. The molecule has 0 amide bonds. The van der Waals surface area contributed by atoms with Crippen molar-refractivity contribution in [2.75, 3.05) is 11.9 Å². The van der Waals surface area contributed by atoms with E-state index in [0.717, 1.165) is 0 Å². The van der Waals surface area contributed by atoms with E-state index in [1.807, 2.05) is 6.92 Å². The van der Waals surface area contributed by atoms with E-state index in [9.17, 15) is 10.1 Å². The van der Waals surface area contributed by atoms with Gasteiger partial charge < -0.3 is 5.32 Å². The second-order valence-corrected chi connectivity index (χ2v) is 3.41. The van der Waals surface area contributed by atoms with Gasteiger partial charge in [0.05, 0.1) is 4.92 Å². The minimum atomic E-state index is -0.455. The molecule has 0 aliphatic carbocycles. The highest BCUT2D eigenvalue weighted by Gasteiger charge is 2.06. The van der Waals surface area contributed by atoms with E-state index in [1.54, 1.807) is 12.1 Å². The Morgan fingerprint density at radius 3 is 2.56 bits per heavy atom. The highest BCUT2D eigenvalue weighted by atomic mass is 32.1. The van der Waals surface area contributed by atoms with Gasteiger partial charge in [-0.15, -0.1) is 0 Å². The van der Waals surface area contributed by atoms with Crippen LogP contribution in [0.3, 0.4) is 0 Å². The lowest BCUT2D eigenvalue weighted by atomic mass is 10.3. The van der Waals surface area contributed by atoms with Gasteiger partial charge in [0.15, 0.2) is 5.11 Å². The maximum absolute atomic E-state index is 10.4. The molecule has 0 aromatic heterocycles. The molecule has 0 saturated heterocycles. The number of nitrogens with one attached hydrogen (secondary N) is 1. The van der Waals surface area contributed by atoms with Crippen molar-refractivity contribution in [2.45, 2.75) is 6.92 Å². The fourth-order valence-corrected chi connectivity index (χ4v) is 1.25. The molecule has 0 heterocycles. The molecule has 0 atom stereocenters. The van der Waals surface area contributed by atoms with E-state index in [4.69, 9.17) is 18.1 Å². The quantitative estimate of drug-likeness (QED) is 0.360. The number of nitrogens with zero attached hydrogens (tertiary/aromatic N) is 2. The third-order valence-corrected chi connectivity index (χ3v) is 2.27. The lowest BCUT2D eigenvalue weighted by Crippen LogP contribution is -2.40. The van der Waals surface area contributed by atoms with Gasteiger partial charge in [0.25, 0.3) is 5.69 Å². The average molecular weight is 240 g/mol. The molecule has 0 radical (unpaired) electrons. The molecule has 16 heavy (non-hydrogen) atoms. The Morgan fingerprint density at radius 2 is 2.12 bits per heavy atom. The van der Waals surface area contributed by atoms with E-state index in [0.29, 0.717) is 17.3 Å². The van der Waals surface area contributed by atoms with Crippen LogP contribution in [0.1, 0.15) is 6.92 Å². The van der Waals surface area contributed by atoms with E-state index < -0.39 is 4.92 Å². The topological polar surface area (TPSA) is 84.4 Å². The zero-order valence-corrected chi connectivity index (χ0v) is 9.53. The zero-order valence-electron chi connectivity index (χ0n) is 8.71. The molecule has 1 rings (SSSR count). The van der Waals surface area contributed by atoms with Gasteiger partial charge in [0.2, 0.25) is 0 Å². The van der Waals surface area contributed by atoms with Gasteiger partial charge in [-0.25, -0.2) is 5.84 Å². The summed E-state index contributed by atoms with van der Waals surface area (Å²) in [7, 11) is 0. The number of non-ortho nitro benzene ring substituents is 1. The van der Waals surface area contributed by atoms with Crippen LogP contribution in [-0.4, -0.2) is 21.6 Å². The van der Waals surface area contributed by atoms with Crippen LogP contribution in [0.15, 0.2) is 24.3 Å². The molecule has 0 spiro atoms. The molecule has 0 saturated carbocycles. The first-order chi connectivity index (χ1) is 7.54. The van der Waals surface area contributed by atoms with Crippen molar-refractivity contribution in [1.29, 1.82) is 0 Å². The predicted octanol–water partition coefficient (Wildman–Crippen LogP) is 1.49. The summed E-state index contributed by atoms with van der Waals surface area (Å²) in [5, 5.41) is 15.0. The lowest BCUT2D eigenvalue weighted by Gasteiger charge is -2.18. The van der Waals surface area contributed by atoms with E-state index in [2.05, 4.69) is 5.32 Å². The van der Waals surface area contributed by atoms with Gasteiger partial charge in [-0.2, -0.15) is 0 Å². The van der Waals surface area contributed by atoms with Crippen LogP contribution in [0.25, 0.3) is 0 Å². The number of nitrogens with two attached hydrogens (primary N) is 1. The fraction of sp³-hybridized carbons (Fsp3) is 0.222. The summed E-state index contributed by atoms with van der Waals surface area (Å²) in [6.07, 6.45) is 0. The van der Waals surface area contributed by atoms with Crippen LogP contribution < -0.4 is 11.2 Å². The molecule has 0 fully saturated rings. The Bertz CT molecular complexity index is 393. The van der Waals surface area contributed by atoms with Gasteiger partial charge in [-0.3, -0.25) is 15.1 Å². The molecule has 0 aliphatic heterocycles. The monoisotopic (exact) mass is 240 g/mol. The summed E-state index contributed by atoms with van der Waals surface area (Å²) < 4.78 is 0. The van der Waals surface area contributed by atoms with Gasteiger partial charge in [0.1, 0.15) is 0 Å². The highest BCUT2D eigenvalue weighted by molar-refractivity contribution is 7.80. The van der Waals surface area contributed by atoms with E-state index in [1.165, 1.54) is 17.1 Å². The number of anilines is 1. The first-order valence-electron chi connectivity index (χ1n) is 4.62. The van der Waals surface area contributed by atoms with Crippen molar-refractivity contribution in [2.24, 2.45) is 5.84 Å². The Balaban J connectivity index is 2.69. The number of rotatable bonds is 3. The number of nitro benzene ring substituents is 1. The summed E-state index contributed by atoms with van der Waals surface area (Å²) in [5.74, 6) is 5.56. The van der Waals surface area contributed by atoms with Crippen LogP contribution in [0, 0.1) is 10.1 Å². The second kappa shape index (κ2) is 5.38. The normalized spacial score (nSPS) is 9.62. The van der Waals surface area contributed by atoms with Crippen LogP contribution in [-0.2, 0) is 0 Å². The molecule has 0 unspecified atom stereocenters. The molecule has 0 aliphatic rings. The van der Waals surface area contributed by atoms with Crippen molar-refractivity contribution in [3.05, 3.63) is 34.4 Å². The second-order valence-electron chi connectivity index (χ2n) is 3.02. The predicted molar refractivity (Wildman–Crippen MR) is 65.9 cm³/mol. The Labute approximate surface area is 98.2 Å². The van der Waals surface area contributed by atoms with Crippen LogP contribution in [0.5, 0.6) is 0 Å². The third-order valence-electron chi connectivity index (χ3n) is 1.93. The van der Waals surface area contributed by atoms with Gasteiger partial charge >= 0.3 is 0 Å². The Morgan fingerprint density at radius 1 is 1.56 bits per heavy atom. The fourth-order valence-electron chi connectivity index (χ4n) is 1.01. The van der Waals surface area contributed by atoms with Crippen LogP contribution in [0.4, 0.5) is 11.4 Å². The van der Waals surface area contributed by atoms with E-state index >= 15 is 0 Å². The molecule has 1 aromatic carbocycles. The van der Waals surface area contributed by atoms with Crippen LogP contribution >= 0.6 is 12.2 Å². The summed E-state index contributed by atoms with van der Waals surface area (Å²) in [4.78, 5) is 9.97. The number of hydrogen-bond acceptors (Lipinski definition) is 4. The molecule has 3 N–H and O–H groups in total. The van der Waals surface area contributed by atoms with Crippen molar-refractivity contribution < 1.29 is 4.92 Å². The molecule has 6 nitrogen and oxygen atoms in total. The number of hydrazine groups is 1. The lowest BCUT2D eigenvalue weighted by molar-refractivity contribution is -0.384. The minimum Gasteiger partial charge on any atom is -0.332 e. The first kappa shape index (κ1) is 12.3. The van der Waals surface area contributed by atoms with Crippen LogP contribution in [0.2, 0.25) is 0 Å². The van der Waals surface area contributed by atoms with Gasteiger partial charge in [0, 0.05) is 24.4 Å². The summed E-state index contributed by atoms with van der Waals surface area (Å²) in [6.45, 7) is 2.45. The number of nitro groups is 1. The van der Waals surface area contributed by atoms with Crippen molar-refractivity contribution in [1.82, 2.24) is 5.01 Å². The smallest absolute Gasteiger partial charge is 0.269 e. The van der Waals surface area contributed by atoms with Gasteiger partial charge in [-0.05, 0) is 31.3 Å². The average Bonchev–Trinajstić information content (AvgIpc) is 2.28. The first-order valence-corrected chi connectivity index (χ1v) is 5.03. The Hall–Kier alpha value is -1.73. The summed E-state index contributed by atoms with van der Waals surface area (Å²) >= 11 is 5.00. The summed E-state index contributed by atoms with van der Waals surface area (Å²) in [5.41, 5.74) is 0.705. The number of hydrogen-bond donors (Lipinski definition) is 2. The SMILES string of the molecule is CCN(N)C(=S)Nc1ccc([N+](=O)[O-])cc1. The largest absolute Gasteiger partial charge is 0.332 e. The zero-order chi connectivity index (χ0) is 12.1. The maximum Gasteiger partial charge on any atom is 0.269 e. The van der Waals surface area contributed by atoms with Gasteiger partial charge in [-0.1, -0.05) is 0 Å². The van der Waals surface area contributed by atoms with E-state index in [-0.39, 0.29) is 5.69 Å². The number of thiocarbonyl (C=S) groups is 1. The van der Waals surface area contributed by atoms with Crippen molar-refractivity contribution in [3.8, 4) is 0 Å². The summed E-state index contributed by atoms with van der Waals surface area (Å²) in [6, 6.07) is 5.96. The third kappa shape index (κ3) is 3.14. The molecule has 86 valence electrons. The van der Waals surface area contributed by atoms with Crippen molar-refractivity contribution in [3.63, 3.8) is 0 Å². The molecule has 0 bridgehead atoms. The minimum absolute atomic E-state index is 0.0385. The molecule has 7 heteroatoms. The standard InChI is InChI=1S/C9H12N4O2S/c1-2-12(10)9(16)11-7-3-5-8(6-4-7)13(14)15/h3-6H,2,10H2,1H3,(H,11,16). The molecular weight excluding hydrogens is 228 g/mol. The molecule has 1 aromatic rings. The molecular formula is C9H12N4O2S. The highest BCUT2D eigenvalue weighted by Crippen LogP contribution is 2.15.